The van der Waals surface area contributed by atoms with E-state index in [1.165, 1.54) is 25.6 Å². The fourth-order valence-corrected chi connectivity index (χ4v) is 4.30. The highest BCUT2D eigenvalue weighted by molar-refractivity contribution is 5.99. The molecule has 3 N–H and O–H groups in total. The molecular weight excluding hydrogens is 354 g/mol. The predicted molar refractivity (Wildman–Crippen MR) is 108 cm³/mol. The molecule has 2 amide bonds. The minimum Gasteiger partial charge on any atom is -0.383 e. The van der Waals surface area contributed by atoms with Crippen LogP contribution in [-0.2, 0) is 4.79 Å². The van der Waals surface area contributed by atoms with E-state index < -0.39 is 0 Å². The molecule has 2 aliphatic rings. The molecule has 1 aliphatic heterocycles. The van der Waals surface area contributed by atoms with Gasteiger partial charge in [0, 0.05) is 36.0 Å². The number of nitrogen functional groups attached to an aromatic ring is 1. The molecule has 1 aromatic carbocycles. The number of nitrogens with one attached hydrogen (secondary N) is 1. The maximum absolute atomic E-state index is 12.9. The third kappa shape index (κ3) is 3.93. The van der Waals surface area contributed by atoms with Gasteiger partial charge in [-0.15, -0.1) is 0 Å². The summed E-state index contributed by atoms with van der Waals surface area (Å²) < 4.78 is 0. The third-order valence-corrected chi connectivity index (χ3v) is 6.02. The summed E-state index contributed by atoms with van der Waals surface area (Å²) in [6, 6.07) is 5.67. The van der Waals surface area contributed by atoms with Gasteiger partial charge in [0.05, 0.1) is 5.52 Å². The number of benzene rings is 1. The highest BCUT2D eigenvalue weighted by atomic mass is 16.2. The van der Waals surface area contributed by atoms with E-state index in [1.54, 1.807) is 18.2 Å². The van der Waals surface area contributed by atoms with E-state index in [0.717, 1.165) is 18.2 Å². The van der Waals surface area contributed by atoms with E-state index in [4.69, 9.17) is 5.73 Å². The quantitative estimate of drug-likeness (QED) is 0.851. The Morgan fingerprint density at radius 3 is 2.54 bits per heavy atom. The Balaban J connectivity index is 1.35. The van der Waals surface area contributed by atoms with Crippen molar-refractivity contribution in [3.63, 3.8) is 0 Å². The Kier molecular flexibility index (Phi) is 5.41. The number of anilines is 1. The van der Waals surface area contributed by atoms with Gasteiger partial charge in [-0.05, 0) is 43.9 Å². The van der Waals surface area contributed by atoms with Gasteiger partial charge in [0.15, 0.2) is 0 Å². The van der Waals surface area contributed by atoms with E-state index in [1.807, 2.05) is 4.90 Å². The van der Waals surface area contributed by atoms with Crippen LogP contribution in [0.2, 0.25) is 0 Å². The lowest BCUT2D eigenvalue weighted by Gasteiger charge is -2.33. The van der Waals surface area contributed by atoms with Crippen molar-refractivity contribution in [3.05, 3.63) is 30.1 Å². The van der Waals surface area contributed by atoms with Crippen molar-refractivity contribution in [2.75, 3.05) is 18.8 Å². The molecule has 1 aliphatic carbocycles. The first-order valence-electron chi connectivity index (χ1n) is 10.2. The highest BCUT2D eigenvalue weighted by Gasteiger charge is 2.29. The van der Waals surface area contributed by atoms with Crippen LogP contribution in [0.15, 0.2) is 24.5 Å². The van der Waals surface area contributed by atoms with E-state index in [-0.39, 0.29) is 17.7 Å². The standard InChI is InChI=1S/C21H27N5O2/c22-19-17-7-6-15(12-18(17)23-13-24-19)21(28)26-10-8-14(9-11-26)20(27)25-16-4-2-1-3-5-16/h6-7,12-14,16H,1-5,8-11H2,(H,25,27)(H2,22,23,24). The van der Waals surface area contributed by atoms with Crippen LogP contribution in [0.1, 0.15) is 55.3 Å². The van der Waals surface area contributed by atoms with Crippen LogP contribution in [0.4, 0.5) is 5.82 Å². The second-order valence-corrected chi connectivity index (χ2v) is 7.90. The minimum atomic E-state index is -0.0229. The van der Waals surface area contributed by atoms with Gasteiger partial charge >= 0.3 is 0 Å². The fourth-order valence-electron chi connectivity index (χ4n) is 4.30. The molecule has 0 atom stereocenters. The van der Waals surface area contributed by atoms with Crippen LogP contribution in [0, 0.1) is 5.92 Å². The van der Waals surface area contributed by atoms with Crippen molar-refractivity contribution in [1.29, 1.82) is 0 Å². The highest BCUT2D eigenvalue weighted by Crippen LogP contribution is 2.23. The largest absolute Gasteiger partial charge is 0.383 e. The summed E-state index contributed by atoms with van der Waals surface area (Å²) in [6.45, 7) is 1.21. The molecule has 148 valence electrons. The zero-order chi connectivity index (χ0) is 19.5. The van der Waals surface area contributed by atoms with Crippen LogP contribution in [0.5, 0.6) is 0 Å². The number of hydrogen-bond donors (Lipinski definition) is 2. The van der Waals surface area contributed by atoms with Crippen molar-refractivity contribution in [2.45, 2.75) is 51.0 Å². The smallest absolute Gasteiger partial charge is 0.253 e. The molecule has 2 aromatic rings. The second kappa shape index (κ2) is 8.12. The summed E-state index contributed by atoms with van der Waals surface area (Å²) in [7, 11) is 0. The molecule has 7 heteroatoms. The van der Waals surface area contributed by atoms with Crippen molar-refractivity contribution >= 4 is 28.5 Å². The number of hydrogen-bond acceptors (Lipinski definition) is 5. The molecular formula is C21H27N5O2. The first kappa shape index (κ1) is 18.7. The molecule has 0 spiro atoms. The van der Waals surface area contributed by atoms with E-state index in [2.05, 4.69) is 15.3 Å². The van der Waals surface area contributed by atoms with Gasteiger partial charge in [-0.1, -0.05) is 19.3 Å². The van der Waals surface area contributed by atoms with Crippen LogP contribution in [0.25, 0.3) is 10.9 Å². The lowest BCUT2D eigenvalue weighted by Crippen LogP contribution is -2.45. The van der Waals surface area contributed by atoms with E-state index in [0.29, 0.717) is 48.9 Å². The molecule has 4 rings (SSSR count). The third-order valence-electron chi connectivity index (χ3n) is 6.02. The van der Waals surface area contributed by atoms with Gasteiger partial charge in [-0.3, -0.25) is 9.59 Å². The molecule has 0 radical (unpaired) electrons. The van der Waals surface area contributed by atoms with Crippen molar-refractivity contribution in [3.8, 4) is 0 Å². The van der Waals surface area contributed by atoms with Crippen LogP contribution in [-0.4, -0.2) is 45.8 Å². The summed E-state index contributed by atoms with van der Waals surface area (Å²) >= 11 is 0. The fraction of sp³-hybridized carbons (Fsp3) is 0.524. The Morgan fingerprint density at radius 1 is 1.04 bits per heavy atom. The molecule has 0 unspecified atom stereocenters. The number of nitrogens with two attached hydrogens (primary N) is 1. The Bertz CT molecular complexity index is 870. The molecule has 7 nitrogen and oxygen atoms in total. The number of fused-ring (bicyclic) bond motifs is 1. The van der Waals surface area contributed by atoms with Crippen molar-refractivity contribution in [1.82, 2.24) is 20.2 Å². The molecule has 1 saturated heterocycles. The van der Waals surface area contributed by atoms with Gasteiger partial charge in [0.1, 0.15) is 12.1 Å². The number of rotatable bonds is 3. The average molecular weight is 381 g/mol. The topological polar surface area (TPSA) is 101 Å². The van der Waals surface area contributed by atoms with Gasteiger partial charge in [-0.25, -0.2) is 9.97 Å². The van der Waals surface area contributed by atoms with Crippen molar-refractivity contribution in [2.24, 2.45) is 5.92 Å². The first-order valence-corrected chi connectivity index (χ1v) is 10.2. The van der Waals surface area contributed by atoms with Gasteiger partial charge in [0.25, 0.3) is 5.91 Å². The molecule has 28 heavy (non-hydrogen) atoms. The molecule has 0 bridgehead atoms. The summed E-state index contributed by atoms with van der Waals surface area (Å²) in [6.07, 6.45) is 8.72. The van der Waals surface area contributed by atoms with Gasteiger partial charge in [0.2, 0.25) is 5.91 Å². The van der Waals surface area contributed by atoms with Crippen LogP contribution in [0.3, 0.4) is 0 Å². The lowest BCUT2D eigenvalue weighted by atomic mass is 9.92. The summed E-state index contributed by atoms with van der Waals surface area (Å²) in [5.74, 6) is 0.561. The zero-order valence-corrected chi connectivity index (χ0v) is 16.1. The van der Waals surface area contributed by atoms with E-state index >= 15 is 0 Å². The molecule has 1 aromatic heterocycles. The first-order chi connectivity index (χ1) is 13.6. The minimum absolute atomic E-state index is 0.00937. The number of carbonyl (C=O) groups is 2. The van der Waals surface area contributed by atoms with Gasteiger partial charge < -0.3 is 16.0 Å². The molecule has 2 heterocycles. The normalized spacial score (nSPS) is 18.9. The number of piperidine rings is 1. The Morgan fingerprint density at radius 2 is 1.79 bits per heavy atom. The number of aromatic nitrogens is 2. The second-order valence-electron chi connectivity index (χ2n) is 7.90. The maximum atomic E-state index is 12.9. The number of likely N-dealkylation sites (tertiary alicyclic amines) is 1. The number of nitrogens with zero attached hydrogens (tertiary/aromatic N) is 3. The number of amides is 2. The lowest BCUT2D eigenvalue weighted by molar-refractivity contribution is -0.127. The number of carbonyl (C=O) groups excluding carboxylic acids is 2. The zero-order valence-electron chi connectivity index (χ0n) is 16.1. The Labute approximate surface area is 164 Å². The average Bonchev–Trinajstić information content (AvgIpc) is 2.74. The molecule has 2 fully saturated rings. The van der Waals surface area contributed by atoms with Crippen LogP contribution < -0.4 is 11.1 Å². The Hall–Kier alpha value is -2.70. The monoisotopic (exact) mass is 381 g/mol. The summed E-state index contributed by atoms with van der Waals surface area (Å²) in [4.78, 5) is 35.4. The maximum Gasteiger partial charge on any atom is 0.253 e. The van der Waals surface area contributed by atoms with E-state index in [9.17, 15) is 9.59 Å². The molecule has 1 saturated carbocycles. The van der Waals surface area contributed by atoms with Gasteiger partial charge in [-0.2, -0.15) is 0 Å². The predicted octanol–water partition coefficient (Wildman–Crippen LogP) is 2.51. The summed E-state index contributed by atoms with van der Waals surface area (Å²) in [5, 5.41) is 3.97. The summed E-state index contributed by atoms with van der Waals surface area (Å²) in [5.41, 5.74) is 7.11. The van der Waals surface area contributed by atoms with Crippen LogP contribution >= 0.6 is 0 Å². The van der Waals surface area contributed by atoms with Crippen molar-refractivity contribution < 1.29 is 9.59 Å². The SMILES string of the molecule is Nc1ncnc2cc(C(=O)N3CCC(C(=O)NC4CCCCC4)CC3)ccc12.